The molecule has 2 aromatic rings. The smallest absolute Gasteiger partial charge is 0.165 e. The fraction of sp³-hybridized carbons (Fsp3) is 0.500. The lowest BCUT2D eigenvalue weighted by Gasteiger charge is -2.16. The van der Waals surface area contributed by atoms with E-state index in [0.29, 0.717) is 15.8 Å². The molecule has 4 atom stereocenters. The predicted molar refractivity (Wildman–Crippen MR) is 64.3 cm³/mol. The van der Waals surface area contributed by atoms with Crippen molar-refractivity contribution in [1.29, 1.82) is 0 Å². The molecule has 1 aliphatic heterocycles. The van der Waals surface area contributed by atoms with Crippen LogP contribution in [0.1, 0.15) is 13.2 Å². The number of rotatable bonds is 1. The van der Waals surface area contributed by atoms with Crippen molar-refractivity contribution in [2.45, 2.75) is 31.5 Å². The Morgan fingerprint density at radius 2 is 2.17 bits per heavy atom. The van der Waals surface area contributed by atoms with E-state index in [1.165, 1.54) is 12.7 Å². The van der Waals surface area contributed by atoms with Crippen molar-refractivity contribution in [2.24, 2.45) is 0 Å². The van der Waals surface area contributed by atoms with Gasteiger partial charge >= 0.3 is 0 Å². The Hall–Kier alpha value is -1.35. The van der Waals surface area contributed by atoms with E-state index >= 15 is 0 Å². The summed E-state index contributed by atoms with van der Waals surface area (Å²) in [5.74, 6) is 0. The maximum absolute atomic E-state index is 9.95. The quantitative estimate of drug-likeness (QED) is 0.636. The molecule has 8 heteroatoms. The average molecular weight is 268 g/mol. The summed E-state index contributed by atoms with van der Waals surface area (Å²) < 4.78 is 7.52. The molecule has 7 nitrogen and oxygen atoms in total. The van der Waals surface area contributed by atoms with Crippen molar-refractivity contribution >= 4 is 23.4 Å². The average Bonchev–Trinajstić information content (AvgIpc) is 2.88. The Kier molecular flexibility index (Phi) is 2.67. The Morgan fingerprint density at radius 3 is 2.83 bits per heavy atom. The molecule has 3 heterocycles. The molecular formula is C10H12N4O3S. The number of nitrogens with zero attached hydrogens (tertiary/aromatic N) is 3. The maximum atomic E-state index is 9.95. The van der Waals surface area contributed by atoms with Crippen molar-refractivity contribution in [1.82, 2.24) is 19.5 Å². The minimum Gasteiger partial charge on any atom is -0.388 e. The summed E-state index contributed by atoms with van der Waals surface area (Å²) in [6, 6.07) is 0. The molecule has 0 bridgehead atoms. The van der Waals surface area contributed by atoms with Crippen LogP contribution < -0.4 is 0 Å². The van der Waals surface area contributed by atoms with E-state index in [-0.39, 0.29) is 0 Å². The molecule has 1 aliphatic rings. The van der Waals surface area contributed by atoms with E-state index in [0.717, 1.165) is 0 Å². The number of fused-ring (bicyclic) bond motifs is 1. The van der Waals surface area contributed by atoms with Gasteiger partial charge in [0.2, 0.25) is 0 Å². The first-order valence-corrected chi connectivity index (χ1v) is 5.92. The standard InChI is InChI=1S/C10H12N4O3S/c1-4-6(15)7(16)10(17-4)14-3-13-5-8(14)11-2-12-9(5)18/h2-4,6-7,10,15-16H,1H3,(H,11,12,18)/t4-,6-,7-,10-/m1/s1. The maximum Gasteiger partial charge on any atom is 0.165 e. The number of imidazole rings is 1. The van der Waals surface area contributed by atoms with E-state index in [1.807, 2.05) is 0 Å². The van der Waals surface area contributed by atoms with E-state index in [1.54, 1.807) is 11.5 Å². The second-order valence-corrected chi connectivity index (χ2v) is 4.66. The number of H-pyrrole nitrogens is 1. The summed E-state index contributed by atoms with van der Waals surface area (Å²) >= 11 is 5.06. The molecule has 18 heavy (non-hydrogen) atoms. The Morgan fingerprint density at radius 1 is 1.39 bits per heavy atom. The van der Waals surface area contributed by atoms with E-state index < -0.39 is 24.5 Å². The van der Waals surface area contributed by atoms with Crippen LogP contribution >= 0.6 is 12.2 Å². The molecule has 3 rings (SSSR count). The first-order chi connectivity index (χ1) is 8.59. The van der Waals surface area contributed by atoms with Gasteiger partial charge in [0.1, 0.15) is 23.4 Å². The third kappa shape index (κ3) is 1.57. The number of nitrogens with one attached hydrogen (secondary N) is 1. The molecule has 0 unspecified atom stereocenters. The highest BCUT2D eigenvalue weighted by Gasteiger charge is 2.41. The summed E-state index contributed by atoms with van der Waals surface area (Å²) in [6.07, 6.45) is -0.0773. The van der Waals surface area contributed by atoms with Crippen LogP contribution in [0.5, 0.6) is 0 Å². The van der Waals surface area contributed by atoms with Crippen molar-refractivity contribution in [3.63, 3.8) is 0 Å². The van der Waals surface area contributed by atoms with Crippen LogP contribution in [0.2, 0.25) is 0 Å². The van der Waals surface area contributed by atoms with Gasteiger partial charge in [-0.15, -0.1) is 0 Å². The van der Waals surface area contributed by atoms with Gasteiger partial charge in [-0.05, 0) is 6.92 Å². The molecule has 0 spiro atoms. The Balaban J connectivity index is 2.11. The lowest BCUT2D eigenvalue weighted by atomic mass is 10.1. The number of aliphatic hydroxyl groups is 2. The minimum atomic E-state index is -1.01. The van der Waals surface area contributed by atoms with Crippen LogP contribution in [-0.2, 0) is 4.74 Å². The molecule has 3 N–H and O–H groups in total. The van der Waals surface area contributed by atoms with Gasteiger partial charge in [0.05, 0.1) is 18.8 Å². The van der Waals surface area contributed by atoms with Crippen molar-refractivity contribution in [3.8, 4) is 0 Å². The molecule has 0 saturated carbocycles. The SMILES string of the molecule is C[C@H]1O[C@@H](n2cnc3c(=S)nc[nH]c32)[C@H](O)[C@@H]1O. The van der Waals surface area contributed by atoms with Crippen LogP contribution in [0, 0.1) is 4.64 Å². The highest BCUT2D eigenvalue weighted by Crippen LogP contribution is 2.30. The fourth-order valence-electron chi connectivity index (χ4n) is 2.12. The third-order valence-corrected chi connectivity index (χ3v) is 3.43. The number of aromatic nitrogens is 4. The number of hydrogen-bond donors (Lipinski definition) is 3. The Bertz CT molecular complexity index is 639. The monoisotopic (exact) mass is 268 g/mol. The van der Waals surface area contributed by atoms with Gasteiger partial charge in [-0.3, -0.25) is 4.57 Å². The Labute approximate surface area is 107 Å². The topological polar surface area (TPSA) is 96.2 Å². The van der Waals surface area contributed by atoms with Crippen LogP contribution in [0.3, 0.4) is 0 Å². The molecule has 1 fully saturated rings. The molecule has 0 aromatic carbocycles. The lowest BCUT2D eigenvalue weighted by molar-refractivity contribution is -0.0299. The number of aromatic amines is 1. The highest BCUT2D eigenvalue weighted by molar-refractivity contribution is 7.71. The first-order valence-electron chi connectivity index (χ1n) is 5.51. The largest absolute Gasteiger partial charge is 0.388 e. The fourth-order valence-corrected chi connectivity index (χ4v) is 2.33. The van der Waals surface area contributed by atoms with Gasteiger partial charge < -0.3 is 19.9 Å². The molecule has 0 radical (unpaired) electrons. The summed E-state index contributed by atoms with van der Waals surface area (Å²) in [6.45, 7) is 1.71. The zero-order valence-corrected chi connectivity index (χ0v) is 10.3. The molecule has 0 amide bonds. The number of aliphatic hydroxyl groups excluding tert-OH is 2. The normalized spacial score (nSPS) is 32.2. The van der Waals surface area contributed by atoms with Crippen LogP contribution in [-0.4, -0.2) is 48.0 Å². The van der Waals surface area contributed by atoms with E-state index in [4.69, 9.17) is 17.0 Å². The number of hydrogen-bond acceptors (Lipinski definition) is 6. The van der Waals surface area contributed by atoms with Gasteiger partial charge in [0, 0.05) is 0 Å². The summed E-state index contributed by atoms with van der Waals surface area (Å²) in [5.41, 5.74) is 1.15. The van der Waals surface area contributed by atoms with Gasteiger partial charge in [-0.2, -0.15) is 0 Å². The van der Waals surface area contributed by atoms with Gasteiger partial charge in [0.25, 0.3) is 0 Å². The third-order valence-electron chi connectivity index (χ3n) is 3.13. The van der Waals surface area contributed by atoms with Crippen molar-refractivity contribution in [3.05, 3.63) is 17.3 Å². The molecule has 1 saturated heterocycles. The highest BCUT2D eigenvalue weighted by atomic mass is 32.1. The summed E-state index contributed by atoms with van der Waals surface area (Å²) in [7, 11) is 0. The molecule has 0 aliphatic carbocycles. The van der Waals surface area contributed by atoms with Crippen LogP contribution in [0.4, 0.5) is 0 Å². The molecular weight excluding hydrogens is 256 g/mol. The number of ether oxygens (including phenoxy) is 1. The second kappa shape index (κ2) is 4.09. The summed E-state index contributed by atoms with van der Waals surface area (Å²) in [5, 5.41) is 19.7. The zero-order valence-electron chi connectivity index (χ0n) is 9.52. The van der Waals surface area contributed by atoms with Gasteiger partial charge in [-0.25, -0.2) is 9.97 Å². The minimum absolute atomic E-state index is 0.378. The summed E-state index contributed by atoms with van der Waals surface area (Å²) in [4.78, 5) is 11.0. The van der Waals surface area contributed by atoms with E-state index in [2.05, 4.69) is 15.0 Å². The lowest BCUT2D eigenvalue weighted by Crippen LogP contribution is -2.30. The van der Waals surface area contributed by atoms with Crippen LogP contribution in [0.25, 0.3) is 11.2 Å². The van der Waals surface area contributed by atoms with Crippen molar-refractivity contribution in [2.75, 3.05) is 0 Å². The van der Waals surface area contributed by atoms with E-state index in [9.17, 15) is 10.2 Å². The zero-order chi connectivity index (χ0) is 12.9. The predicted octanol–water partition coefficient (Wildman–Crippen LogP) is 0.128. The molecule has 2 aromatic heterocycles. The van der Waals surface area contributed by atoms with Gasteiger partial charge in [0.15, 0.2) is 10.9 Å². The van der Waals surface area contributed by atoms with Crippen LogP contribution in [0.15, 0.2) is 12.7 Å². The van der Waals surface area contributed by atoms with Gasteiger partial charge in [-0.1, -0.05) is 12.2 Å². The second-order valence-electron chi connectivity index (χ2n) is 4.27. The first kappa shape index (κ1) is 11.7. The molecule has 96 valence electrons. The van der Waals surface area contributed by atoms with Crippen molar-refractivity contribution < 1.29 is 14.9 Å².